The lowest BCUT2D eigenvalue weighted by Gasteiger charge is -2.11. The fourth-order valence-electron chi connectivity index (χ4n) is 3.06. The maximum Gasteiger partial charge on any atom is 0.271 e. The van der Waals surface area contributed by atoms with Crippen LogP contribution in [0.1, 0.15) is 28.3 Å². The Morgan fingerprint density at radius 1 is 1.00 bits per heavy atom. The van der Waals surface area contributed by atoms with Crippen LogP contribution in [0.5, 0.6) is 0 Å². The summed E-state index contributed by atoms with van der Waals surface area (Å²) < 4.78 is 0. The summed E-state index contributed by atoms with van der Waals surface area (Å²) in [6, 6.07) is 18.3. The van der Waals surface area contributed by atoms with E-state index in [-0.39, 0.29) is 12.5 Å². The van der Waals surface area contributed by atoms with E-state index in [1.807, 2.05) is 30.3 Å². The van der Waals surface area contributed by atoms with E-state index < -0.39 is 0 Å². The molecule has 0 saturated carbocycles. The maximum atomic E-state index is 12.1. The molecule has 1 amide bonds. The standard InChI is InChI=1S/C22H21N5OS/c28-22(19-14-29-15-25-19)24-13-20-26-18-11-5-4-10-17(18)21(27-20)23-12-6-9-16-7-2-1-3-8-16/h1-5,7-8,10-11,14-15H,6,9,12-13H2,(H,24,28)(H,23,26,27). The number of aromatic nitrogens is 3. The van der Waals surface area contributed by atoms with Gasteiger partial charge in [0.05, 0.1) is 17.6 Å². The molecule has 0 saturated heterocycles. The van der Waals surface area contributed by atoms with E-state index in [0.29, 0.717) is 11.5 Å². The Balaban J connectivity index is 1.43. The Morgan fingerprint density at radius 3 is 2.66 bits per heavy atom. The van der Waals surface area contributed by atoms with Crippen LogP contribution in [0.15, 0.2) is 65.5 Å². The van der Waals surface area contributed by atoms with Gasteiger partial charge in [0.15, 0.2) is 5.82 Å². The van der Waals surface area contributed by atoms with Gasteiger partial charge < -0.3 is 10.6 Å². The molecule has 0 aliphatic heterocycles. The first-order valence-electron chi connectivity index (χ1n) is 9.49. The van der Waals surface area contributed by atoms with Gasteiger partial charge in [-0.25, -0.2) is 15.0 Å². The van der Waals surface area contributed by atoms with Crippen LogP contribution in [-0.4, -0.2) is 27.4 Å². The number of nitrogens with zero attached hydrogens (tertiary/aromatic N) is 3. The second kappa shape index (κ2) is 9.25. The normalized spacial score (nSPS) is 10.8. The van der Waals surface area contributed by atoms with E-state index in [1.54, 1.807) is 10.9 Å². The van der Waals surface area contributed by atoms with Gasteiger partial charge in [-0.1, -0.05) is 42.5 Å². The molecule has 146 valence electrons. The number of thiazole rings is 1. The molecule has 2 aromatic heterocycles. The summed E-state index contributed by atoms with van der Waals surface area (Å²) >= 11 is 1.39. The number of anilines is 1. The number of hydrogen-bond donors (Lipinski definition) is 2. The Bertz CT molecular complexity index is 1080. The highest BCUT2D eigenvalue weighted by molar-refractivity contribution is 7.07. The number of amides is 1. The van der Waals surface area contributed by atoms with E-state index in [2.05, 4.69) is 49.9 Å². The molecule has 29 heavy (non-hydrogen) atoms. The van der Waals surface area contributed by atoms with Gasteiger partial charge in [0.1, 0.15) is 11.5 Å². The average Bonchev–Trinajstić information content (AvgIpc) is 3.31. The van der Waals surface area contributed by atoms with E-state index in [4.69, 9.17) is 0 Å². The van der Waals surface area contributed by atoms with Gasteiger partial charge in [-0.15, -0.1) is 11.3 Å². The van der Waals surface area contributed by atoms with Crippen LogP contribution in [-0.2, 0) is 13.0 Å². The van der Waals surface area contributed by atoms with Gasteiger partial charge in [-0.2, -0.15) is 0 Å². The average molecular weight is 404 g/mol. The Hall–Kier alpha value is -3.32. The minimum atomic E-state index is -0.222. The number of para-hydroxylation sites is 1. The van der Waals surface area contributed by atoms with Gasteiger partial charge >= 0.3 is 0 Å². The SMILES string of the molecule is O=C(NCc1nc(NCCCc2ccccc2)c2ccccc2n1)c1cscn1. The van der Waals surface area contributed by atoms with Crippen molar-refractivity contribution in [1.82, 2.24) is 20.3 Å². The Morgan fingerprint density at radius 2 is 1.83 bits per heavy atom. The number of hydrogen-bond acceptors (Lipinski definition) is 6. The van der Waals surface area contributed by atoms with Gasteiger partial charge in [0.2, 0.25) is 0 Å². The predicted molar refractivity (Wildman–Crippen MR) is 116 cm³/mol. The van der Waals surface area contributed by atoms with Gasteiger partial charge in [0, 0.05) is 17.3 Å². The van der Waals surface area contributed by atoms with E-state index >= 15 is 0 Å². The maximum absolute atomic E-state index is 12.1. The lowest BCUT2D eigenvalue weighted by Crippen LogP contribution is -2.24. The largest absolute Gasteiger partial charge is 0.369 e. The molecule has 0 radical (unpaired) electrons. The molecular weight excluding hydrogens is 382 g/mol. The zero-order valence-electron chi connectivity index (χ0n) is 15.8. The lowest BCUT2D eigenvalue weighted by atomic mass is 10.1. The van der Waals surface area contributed by atoms with Crippen molar-refractivity contribution in [3.8, 4) is 0 Å². The predicted octanol–water partition coefficient (Wildman–Crippen LogP) is 4.06. The van der Waals surface area contributed by atoms with Crippen molar-refractivity contribution in [3.05, 3.63) is 82.6 Å². The quantitative estimate of drug-likeness (QED) is 0.434. The number of benzene rings is 2. The molecule has 2 N–H and O–H groups in total. The first kappa shape index (κ1) is 19.0. The topological polar surface area (TPSA) is 79.8 Å². The van der Waals surface area contributed by atoms with Crippen molar-refractivity contribution in [2.75, 3.05) is 11.9 Å². The van der Waals surface area contributed by atoms with Crippen molar-refractivity contribution < 1.29 is 4.79 Å². The third-order valence-corrected chi connectivity index (χ3v) is 5.09. The molecule has 0 aliphatic carbocycles. The van der Waals surface area contributed by atoms with E-state index in [1.165, 1.54) is 16.9 Å². The third kappa shape index (κ3) is 4.94. The number of nitrogens with one attached hydrogen (secondary N) is 2. The minimum Gasteiger partial charge on any atom is -0.369 e. The summed E-state index contributed by atoms with van der Waals surface area (Å²) in [5.74, 6) is 1.14. The number of rotatable bonds is 8. The molecule has 4 aromatic rings. The summed E-state index contributed by atoms with van der Waals surface area (Å²) in [6.07, 6.45) is 2.01. The van der Waals surface area contributed by atoms with Crippen molar-refractivity contribution in [2.24, 2.45) is 0 Å². The molecule has 0 atom stereocenters. The number of aryl methyl sites for hydroxylation is 1. The smallest absolute Gasteiger partial charge is 0.271 e. The highest BCUT2D eigenvalue weighted by Crippen LogP contribution is 2.20. The molecule has 2 aromatic carbocycles. The van der Waals surface area contributed by atoms with Gasteiger partial charge in [0.25, 0.3) is 5.91 Å². The highest BCUT2D eigenvalue weighted by atomic mass is 32.1. The van der Waals surface area contributed by atoms with Crippen LogP contribution in [0.2, 0.25) is 0 Å². The molecular formula is C22H21N5OS. The van der Waals surface area contributed by atoms with Crippen molar-refractivity contribution >= 4 is 34.0 Å². The molecule has 2 heterocycles. The van der Waals surface area contributed by atoms with Crippen LogP contribution in [0.25, 0.3) is 10.9 Å². The van der Waals surface area contributed by atoms with Crippen LogP contribution >= 0.6 is 11.3 Å². The minimum absolute atomic E-state index is 0.222. The molecule has 0 aliphatic rings. The summed E-state index contributed by atoms with van der Waals surface area (Å²) in [7, 11) is 0. The van der Waals surface area contributed by atoms with E-state index in [0.717, 1.165) is 36.1 Å². The highest BCUT2D eigenvalue weighted by Gasteiger charge is 2.11. The zero-order valence-corrected chi connectivity index (χ0v) is 16.7. The lowest BCUT2D eigenvalue weighted by molar-refractivity contribution is 0.0945. The monoisotopic (exact) mass is 403 g/mol. The first-order valence-corrected chi connectivity index (χ1v) is 10.4. The number of carbonyl (C=O) groups excluding carboxylic acids is 1. The van der Waals surface area contributed by atoms with Crippen molar-refractivity contribution in [2.45, 2.75) is 19.4 Å². The molecule has 0 spiro atoms. The molecule has 4 rings (SSSR count). The van der Waals surface area contributed by atoms with E-state index in [9.17, 15) is 4.79 Å². The van der Waals surface area contributed by atoms with Crippen LogP contribution < -0.4 is 10.6 Å². The van der Waals surface area contributed by atoms with Crippen molar-refractivity contribution in [3.63, 3.8) is 0 Å². The molecule has 0 unspecified atom stereocenters. The second-order valence-corrected chi connectivity index (χ2v) is 7.30. The zero-order chi connectivity index (χ0) is 19.9. The number of carbonyl (C=O) groups is 1. The summed E-state index contributed by atoms with van der Waals surface area (Å²) in [5, 5.41) is 8.97. The van der Waals surface area contributed by atoms with Crippen LogP contribution in [0, 0.1) is 0 Å². The fourth-order valence-corrected chi connectivity index (χ4v) is 3.59. The summed E-state index contributed by atoms with van der Waals surface area (Å²) in [5.41, 5.74) is 4.23. The van der Waals surface area contributed by atoms with Gasteiger partial charge in [-0.3, -0.25) is 4.79 Å². The summed E-state index contributed by atoms with van der Waals surface area (Å²) in [4.78, 5) is 25.4. The molecule has 0 bridgehead atoms. The molecule has 7 heteroatoms. The Kier molecular flexibility index (Phi) is 6.07. The third-order valence-electron chi connectivity index (χ3n) is 4.50. The molecule has 0 fully saturated rings. The van der Waals surface area contributed by atoms with Crippen LogP contribution in [0.4, 0.5) is 5.82 Å². The summed E-state index contributed by atoms with van der Waals surface area (Å²) in [6.45, 7) is 1.06. The molecule has 6 nitrogen and oxygen atoms in total. The van der Waals surface area contributed by atoms with Crippen molar-refractivity contribution in [1.29, 1.82) is 0 Å². The number of fused-ring (bicyclic) bond motifs is 1. The van der Waals surface area contributed by atoms with Gasteiger partial charge in [-0.05, 0) is 30.5 Å². The first-order chi connectivity index (χ1) is 14.3. The Labute approximate surface area is 173 Å². The second-order valence-electron chi connectivity index (χ2n) is 6.58. The fraction of sp³-hybridized carbons (Fsp3) is 0.182. The van der Waals surface area contributed by atoms with Crippen LogP contribution in [0.3, 0.4) is 0 Å².